The fraction of sp³-hybridized carbons (Fsp3) is 0.750. The molecule has 1 atom stereocenters. The van der Waals surface area contributed by atoms with E-state index in [1.807, 2.05) is 6.92 Å². The largest absolute Gasteiger partial charge is 0.427 e. The van der Waals surface area contributed by atoms with Gasteiger partial charge in [-0.1, -0.05) is 0 Å². The van der Waals surface area contributed by atoms with Crippen molar-refractivity contribution in [2.75, 3.05) is 7.05 Å². The molecule has 1 amide bonds. The molecule has 0 aliphatic carbocycles. The van der Waals surface area contributed by atoms with Crippen LogP contribution in [0, 0.1) is 0 Å². The Morgan fingerprint density at radius 1 is 1.88 bits per heavy atom. The van der Waals surface area contributed by atoms with Gasteiger partial charge in [0.2, 0.25) is 0 Å². The minimum Gasteiger partial charge on any atom is -0.349 e. The molecule has 0 saturated carbocycles. The van der Waals surface area contributed by atoms with E-state index in [9.17, 15) is 4.79 Å². The average Bonchev–Trinajstić information content (AvgIpc) is 1.85. The van der Waals surface area contributed by atoms with Crippen molar-refractivity contribution in [2.45, 2.75) is 13.1 Å². The highest BCUT2D eigenvalue weighted by Gasteiger charge is 2.23. The monoisotopic (exact) mass is 116 g/mol. The van der Waals surface area contributed by atoms with E-state index in [2.05, 4.69) is 10.2 Å². The fourth-order valence-corrected chi connectivity index (χ4v) is 0.498. The van der Waals surface area contributed by atoms with E-state index >= 15 is 0 Å². The second-order valence-corrected chi connectivity index (χ2v) is 1.75. The molecule has 1 heterocycles. The zero-order valence-corrected chi connectivity index (χ0v) is 4.84. The molecule has 0 bridgehead atoms. The molecule has 0 aromatic heterocycles. The quantitative estimate of drug-likeness (QED) is 0.481. The molecule has 4 nitrogen and oxygen atoms in total. The molecule has 1 aliphatic heterocycles. The number of carbonyl (C=O) groups is 1. The number of hydroxylamine groups is 2. The molecular weight excluding hydrogens is 108 g/mol. The van der Waals surface area contributed by atoms with Gasteiger partial charge in [-0.3, -0.25) is 0 Å². The molecule has 4 heteroatoms. The van der Waals surface area contributed by atoms with Crippen LogP contribution < -0.4 is 5.32 Å². The van der Waals surface area contributed by atoms with E-state index < -0.39 is 0 Å². The van der Waals surface area contributed by atoms with Gasteiger partial charge in [0, 0.05) is 7.05 Å². The molecule has 0 aromatic rings. The Morgan fingerprint density at radius 3 is 2.62 bits per heavy atom. The van der Waals surface area contributed by atoms with Crippen molar-refractivity contribution in [2.24, 2.45) is 0 Å². The van der Waals surface area contributed by atoms with Crippen LogP contribution in [-0.4, -0.2) is 24.4 Å². The number of hydrogen-bond donors (Lipinski definition) is 1. The van der Waals surface area contributed by atoms with E-state index in [0.717, 1.165) is 0 Å². The van der Waals surface area contributed by atoms with E-state index in [4.69, 9.17) is 0 Å². The van der Waals surface area contributed by atoms with Gasteiger partial charge >= 0.3 is 6.09 Å². The van der Waals surface area contributed by atoms with Crippen LogP contribution in [0.1, 0.15) is 6.92 Å². The standard InChI is InChI=1S/C4H8N2O2/c1-3-5-4(7)8-6(3)2/h3H,1-2H3,(H,5,7)/t3-/m0/s1. The van der Waals surface area contributed by atoms with Gasteiger partial charge in [0.15, 0.2) is 0 Å². The summed E-state index contributed by atoms with van der Waals surface area (Å²) in [5.41, 5.74) is 0. The summed E-state index contributed by atoms with van der Waals surface area (Å²) < 4.78 is 0. The summed E-state index contributed by atoms with van der Waals surface area (Å²) in [5, 5.41) is 3.99. The number of amides is 1. The lowest BCUT2D eigenvalue weighted by Gasteiger charge is -2.07. The molecule has 1 rings (SSSR count). The molecular formula is C4H8N2O2. The van der Waals surface area contributed by atoms with Crippen molar-refractivity contribution in [1.29, 1.82) is 0 Å². The van der Waals surface area contributed by atoms with Crippen LogP contribution in [0.15, 0.2) is 0 Å². The zero-order valence-electron chi connectivity index (χ0n) is 4.84. The molecule has 0 aromatic carbocycles. The van der Waals surface area contributed by atoms with Crippen LogP contribution >= 0.6 is 0 Å². The molecule has 1 aliphatic rings. The van der Waals surface area contributed by atoms with Gasteiger partial charge < -0.3 is 10.2 Å². The number of nitrogens with one attached hydrogen (secondary N) is 1. The van der Waals surface area contributed by atoms with Gasteiger partial charge in [0.1, 0.15) is 6.17 Å². The highest BCUT2D eigenvalue weighted by molar-refractivity contribution is 5.68. The predicted molar refractivity (Wildman–Crippen MR) is 26.8 cm³/mol. The molecule has 0 spiro atoms. The van der Waals surface area contributed by atoms with Crippen LogP contribution in [0.2, 0.25) is 0 Å². The van der Waals surface area contributed by atoms with Gasteiger partial charge in [-0.05, 0) is 6.92 Å². The van der Waals surface area contributed by atoms with Crippen LogP contribution in [0.5, 0.6) is 0 Å². The van der Waals surface area contributed by atoms with Crippen molar-refractivity contribution in [1.82, 2.24) is 10.4 Å². The third-order valence-corrected chi connectivity index (χ3v) is 1.10. The maximum absolute atomic E-state index is 10.3. The van der Waals surface area contributed by atoms with Crippen LogP contribution in [0.3, 0.4) is 0 Å². The normalized spacial score (nSPS) is 29.8. The van der Waals surface area contributed by atoms with Gasteiger partial charge in [0.05, 0.1) is 0 Å². The van der Waals surface area contributed by atoms with E-state index in [-0.39, 0.29) is 12.3 Å². The summed E-state index contributed by atoms with van der Waals surface area (Å²) in [7, 11) is 1.70. The Balaban J connectivity index is 2.51. The molecule has 0 radical (unpaired) electrons. The Bertz CT molecular complexity index is 103. The van der Waals surface area contributed by atoms with Crippen molar-refractivity contribution < 1.29 is 9.63 Å². The Labute approximate surface area is 47.4 Å². The first-order chi connectivity index (χ1) is 3.70. The van der Waals surface area contributed by atoms with Gasteiger partial charge in [-0.2, -0.15) is 0 Å². The van der Waals surface area contributed by atoms with Crippen molar-refractivity contribution in [3.8, 4) is 0 Å². The summed E-state index contributed by atoms with van der Waals surface area (Å²) in [5.74, 6) is 0. The first-order valence-electron chi connectivity index (χ1n) is 2.41. The maximum atomic E-state index is 10.3. The zero-order chi connectivity index (χ0) is 6.15. The SMILES string of the molecule is C[C@H]1NC(=O)ON1C. The third kappa shape index (κ3) is 0.742. The van der Waals surface area contributed by atoms with Crippen molar-refractivity contribution in [3.05, 3.63) is 0 Å². The maximum Gasteiger partial charge on any atom is 0.427 e. The highest BCUT2D eigenvalue weighted by Crippen LogP contribution is 2.00. The summed E-state index contributed by atoms with van der Waals surface area (Å²) in [6.07, 6.45) is -0.373. The second kappa shape index (κ2) is 1.63. The Hall–Kier alpha value is -0.770. The molecule has 0 unspecified atom stereocenters. The topological polar surface area (TPSA) is 41.6 Å². The number of rotatable bonds is 0. The lowest BCUT2D eigenvalue weighted by Crippen LogP contribution is -2.29. The number of carbonyl (C=O) groups excluding carboxylic acids is 1. The third-order valence-electron chi connectivity index (χ3n) is 1.10. The Morgan fingerprint density at radius 2 is 2.50 bits per heavy atom. The van der Waals surface area contributed by atoms with Crippen LogP contribution in [-0.2, 0) is 4.84 Å². The number of nitrogens with zero attached hydrogens (tertiary/aromatic N) is 1. The molecule has 1 N–H and O–H groups in total. The summed E-state index contributed by atoms with van der Waals surface area (Å²) in [6, 6.07) is 0. The van der Waals surface area contributed by atoms with E-state index in [1.165, 1.54) is 5.06 Å². The summed E-state index contributed by atoms with van der Waals surface area (Å²) >= 11 is 0. The fourth-order valence-electron chi connectivity index (χ4n) is 0.498. The van der Waals surface area contributed by atoms with Crippen LogP contribution in [0.4, 0.5) is 4.79 Å². The van der Waals surface area contributed by atoms with Gasteiger partial charge in [-0.15, -0.1) is 5.06 Å². The lowest BCUT2D eigenvalue weighted by molar-refractivity contribution is -0.0612. The first-order valence-corrected chi connectivity index (χ1v) is 2.41. The number of hydrogen-bond acceptors (Lipinski definition) is 3. The van der Waals surface area contributed by atoms with E-state index in [0.29, 0.717) is 0 Å². The molecule has 1 fully saturated rings. The minimum absolute atomic E-state index is 0.00231. The predicted octanol–water partition coefficient (Wildman–Crippen LogP) is -0.0810. The van der Waals surface area contributed by atoms with Gasteiger partial charge in [-0.25, -0.2) is 4.79 Å². The molecule has 8 heavy (non-hydrogen) atoms. The second-order valence-electron chi connectivity index (χ2n) is 1.75. The van der Waals surface area contributed by atoms with Crippen molar-refractivity contribution >= 4 is 6.09 Å². The van der Waals surface area contributed by atoms with Gasteiger partial charge in [0.25, 0.3) is 0 Å². The summed E-state index contributed by atoms with van der Waals surface area (Å²) in [6.45, 7) is 1.84. The minimum atomic E-state index is -0.375. The molecule has 1 saturated heterocycles. The first kappa shape index (κ1) is 5.37. The highest BCUT2D eigenvalue weighted by atomic mass is 16.7. The average molecular weight is 116 g/mol. The smallest absolute Gasteiger partial charge is 0.349 e. The molecule has 46 valence electrons. The van der Waals surface area contributed by atoms with Crippen molar-refractivity contribution in [3.63, 3.8) is 0 Å². The Kier molecular flexibility index (Phi) is 1.09. The summed E-state index contributed by atoms with van der Waals surface area (Å²) in [4.78, 5) is 14.8. The lowest BCUT2D eigenvalue weighted by atomic mass is 10.6. The van der Waals surface area contributed by atoms with E-state index in [1.54, 1.807) is 7.05 Å². The van der Waals surface area contributed by atoms with Crippen LogP contribution in [0.25, 0.3) is 0 Å².